The van der Waals surface area contributed by atoms with E-state index in [0.717, 1.165) is 5.56 Å². The van der Waals surface area contributed by atoms with Crippen molar-refractivity contribution in [1.29, 1.82) is 0 Å². The number of esters is 1. The Labute approximate surface area is 203 Å². The summed E-state index contributed by atoms with van der Waals surface area (Å²) < 4.78 is 16.6. The quantitative estimate of drug-likeness (QED) is 0.471. The minimum Gasteiger partial charge on any atom is -0.490 e. The average Bonchev–Trinajstić information content (AvgIpc) is 3.14. The van der Waals surface area contributed by atoms with Crippen molar-refractivity contribution in [2.45, 2.75) is 32.3 Å². The van der Waals surface area contributed by atoms with E-state index in [9.17, 15) is 9.59 Å². The van der Waals surface area contributed by atoms with Crippen LogP contribution in [0.4, 0.5) is 0 Å². The SMILES string of the molecule is CCOc1ccc(C2C(C(=O)OC)=C(C)NC3S/C(=C\c4ccccn4)C(=O)N32)cc1OCC. The summed E-state index contributed by atoms with van der Waals surface area (Å²) in [5.74, 6) is 0.471. The molecule has 0 bridgehead atoms. The van der Waals surface area contributed by atoms with Gasteiger partial charge in [-0.25, -0.2) is 4.79 Å². The Morgan fingerprint density at radius 1 is 1.18 bits per heavy atom. The number of thioether (sulfide) groups is 1. The summed E-state index contributed by atoms with van der Waals surface area (Å²) in [6.45, 7) is 6.55. The van der Waals surface area contributed by atoms with E-state index in [1.54, 1.807) is 17.2 Å². The largest absolute Gasteiger partial charge is 0.490 e. The number of fused-ring (bicyclic) bond motifs is 1. The molecule has 1 aromatic heterocycles. The Balaban J connectivity index is 1.81. The van der Waals surface area contributed by atoms with Crippen molar-refractivity contribution in [3.63, 3.8) is 0 Å². The minimum absolute atomic E-state index is 0.195. The van der Waals surface area contributed by atoms with E-state index in [4.69, 9.17) is 14.2 Å². The van der Waals surface area contributed by atoms with Gasteiger partial charge >= 0.3 is 5.97 Å². The van der Waals surface area contributed by atoms with Gasteiger partial charge in [0, 0.05) is 11.9 Å². The van der Waals surface area contributed by atoms with Crippen molar-refractivity contribution in [2.75, 3.05) is 20.3 Å². The van der Waals surface area contributed by atoms with E-state index >= 15 is 0 Å². The first-order valence-electron chi connectivity index (χ1n) is 11.1. The monoisotopic (exact) mass is 481 g/mol. The minimum atomic E-state index is -0.664. The second-order valence-electron chi connectivity index (χ2n) is 7.60. The smallest absolute Gasteiger partial charge is 0.337 e. The molecular formula is C25H27N3O5S. The molecule has 0 radical (unpaired) electrons. The third-order valence-electron chi connectivity index (χ3n) is 5.49. The number of ether oxygens (including phenoxy) is 3. The van der Waals surface area contributed by atoms with Crippen molar-refractivity contribution in [3.8, 4) is 11.5 Å². The van der Waals surface area contributed by atoms with Crippen LogP contribution in [0.3, 0.4) is 0 Å². The molecule has 9 heteroatoms. The highest BCUT2D eigenvalue weighted by atomic mass is 32.2. The van der Waals surface area contributed by atoms with Gasteiger partial charge in [-0.1, -0.05) is 23.9 Å². The number of allylic oxidation sites excluding steroid dienone is 1. The van der Waals surface area contributed by atoms with Crippen molar-refractivity contribution in [1.82, 2.24) is 15.2 Å². The molecule has 2 aliphatic rings. The first-order chi connectivity index (χ1) is 16.5. The molecule has 2 unspecified atom stereocenters. The molecule has 1 aromatic carbocycles. The fourth-order valence-electron chi connectivity index (χ4n) is 4.05. The van der Waals surface area contributed by atoms with Crippen molar-refractivity contribution in [3.05, 3.63) is 70.0 Å². The molecule has 34 heavy (non-hydrogen) atoms. The van der Waals surface area contributed by atoms with E-state index < -0.39 is 12.0 Å². The normalized spacial score (nSPS) is 20.8. The van der Waals surface area contributed by atoms with E-state index in [1.807, 2.05) is 57.2 Å². The number of benzene rings is 1. The molecule has 1 N–H and O–H groups in total. The topological polar surface area (TPSA) is 90.0 Å². The zero-order valence-corrected chi connectivity index (χ0v) is 20.3. The lowest BCUT2D eigenvalue weighted by Crippen LogP contribution is -2.49. The molecule has 1 fully saturated rings. The molecule has 0 spiro atoms. The van der Waals surface area contributed by atoms with Gasteiger partial charge in [0.2, 0.25) is 0 Å². The Kier molecular flexibility index (Phi) is 7.12. The van der Waals surface area contributed by atoms with Crippen LogP contribution in [0.15, 0.2) is 58.8 Å². The molecule has 2 aliphatic heterocycles. The maximum atomic E-state index is 13.6. The van der Waals surface area contributed by atoms with Crippen LogP contribution in [0.2, 0.25) is 0 Å². The Bertz CT molecular complexity index is 1150. The van der Waals surface area contributed by atoms with E-state index in [1.165, 1.54) is 18.9 Å². The van der Waals surface area contributed by atoms with Crippen molar-refractivity contribution < 1.29 is 23.8 Å². The lowest BCUT2D eigenvalue weighted by atomic mass is 9.93. The molecular weight excluding hydrogens is 454 g/mol. The van der Waals surface area contributed by atoms with Gasteiger partial charge in [-0.3, -0.25) is 14.7 Å². The highest BCUT2D eigenvalue weighted by Crippen LogP contribution is 2.47. The number of amides is 1. The molecule has 8 nitrogen and oxygen atoms in total. The summed E-state index contributed by atoms with van der Waals surface area (Å²) >= 11 is 1.39. The van der Waals surface area contributed by atoms with Gasteiger partial charge in [0.15, 0.2) is 17.0 Å². The van der Waals surface area contributed by atoms with Crippen molar-refractivity contribution in [2.24, 2.45) is 0 Å². The van der Waals surface area contributed by atoms with Gasteiger partial charge in [0.25, 0.3) is 5.91 Å². The third-order valence-corrected chi connectivity index (χ3v) is 6.60. The first-order valence-corrected chi connectivity index (χ1v) is 11.9. The number of aromatic nitrogens is 1. The number of nitrogens with one attached hydrogen (secondary N) is 1. The number of rotatable bonds is 7. The van der Waals surface area contributed by atoms with Gasteiger partial charge in [-0.05, 0) is 56.7 Å². The molecule has 2 atom stereocenters. The van der Waals surface area contributed by atoms with Gasteiger partial charge in [-0.15, -0.1) is 0 Å². The predicted octanol–water partition coefficient (Wildman–Crippen LogP) is 3.87. The van der Waals surface area contributed by atoms with Crippen molar-refractivity contribution >= 4 is 29.7 Å². The highest BCUT2D eigenvalue weighted by molar-refractivity contribution is 8.05. The number of carbonyl (C=O) groups is 2. The van der Waals surface area contributed by atoms with Crippen LogP contribution < -0.4 is 14.8 Å². The molecule has 1 amide bonds. The molecule has 1 saturated heterocycles. The number of nitrogens with zero attached hydrogens (tertiary/aromatic N) is 2. The summed E-state index contributed by atoms with van der Waals surface area (Å²) in [6.07, 6.45) is 3.45. The molecule has 3 heterocycles. The zero-order valence-electron chi connectivity index (χ0n) is 19.5. The van der Waals surface area contributed by atoms with Crippen LogP contribution >= 0.6 is 11.8 Å². The lowest BCUT2D eigenvalue weighted by Gasteiger charge is -2.39. The fraction of sp³-hybridized carbons (Fsp3) is 0.320. The van der Waals surface area contributed by atoms with Crippen LogP contribution in [0.1, 0.15) is 38.1 Å². The van der Waals surface area contributed by atoms with Crippen LogP contribution in [0.5, 0.6) is 11.5 Å². The predicted molar refractivity (Wildman–Crippen MR) is 130 cm³/mol. The van der Waals surface area contributed by atoms with Crippen LogP contribution in [-0.2, 0) is 14.3 Å². The zero-order chi connectivity index (χ0) is 24.2. The Hall–Kier alpha value is -3.46. The summed E-state index contributed by atoms with van der Waals surface area (Å²) in [4.78, 5) is 33.0. The van der Waals surface area contributed by atoms with Gasteiger partial charge < -0.3 is 19.5 Å². The summed E-state index contributed by atoms with van der Waals surface area (Å²) in [6, 6.07) is 10.4. The first kappa shape index (κ1) is 23.7. The molecule has 178 valence electrons. The second kappa shape index (κ2) is 10.2. The van der Waals surface area contributed by atoms with Crippen LogP contribution in [-0.4, -0.2) is 47.6 Å². The Morgan fingerprint density at radius 2 is 1.94 bits per heavy atom. The Morgan fingerprint density at radius 3 is 2.62 bits per heavy atom. The van der Waals surface area contributed by atoms with Gasteiger partial charge in [0.1, 0.15) is 0 Å². The summed E-state index contributed by atoms with van der Waals surface area (Å²) in [7, 11) is 1.34. The van der Waals surface area contributed by atoms with E-state index in [0.29, 0.717) is 46.6 Å². The van der Waals surface area contributed by atoms with Gasteiger partial charge in [0.05, 0.1) is 42.5 Å². The van der Waals surface area contributed by atoms with Crippen LogP contribution in [0, 0.1) is 0 Å². The standard InChI is InChI=1S/C25H27N3O5S/c1-5-32-18-11-10-16(13-19(18)33-6-2)22-21(24(30)31-4)15(3)27-25-28(22)23(29)20(34-25)14-17-9-7-8-12-26-17/h7-14,22,25,27H,5-6H2,1-4H3/b20-14-. The molecule has 0 saturated carbocycles. The number of pyridine rings is 1. The fourth-order valence-corrected chi connectivity index (χ4v) is 5.25. The average molecular weight is 482 g/mol. The maximum Gasteiger partial charge on any atom is 0.337 e. The number of hydrogen-bond donors (Lipinski definition) is 1. The maximum absolute atomic E-state index is 13.6. The number of hydrogen-bond acceptors (Lipinski definition) is 8. The molecule has 0 aliphatic carbocycles. The summed E-state index contributed by atoms with van der Waals surface area (Å²) in [5.41, 5.74) is 2.06. The third kappa shape index (κ3) is 4.48. The number of methoxy groups -OCH3 is 1. The second-order valence-corrected chi connectivity index (χ2v) is 8.72. The molecule has 4 rings (SSSR count). The molecule has 2 aromatic rings. The summed E-state index contributed by atoms with van der Waals surface area (Å²) in [5, 5.41) is 3.29. The van der Waals surface area contributed by atoms with E-state index in [2.05, 4.69) is 10.3 Å². The van der Waals surface area contributed by atoms with E-state index in [-0.39, 0.29) is 11.4 Å². The number of carbonyl (C=O) groups excluding carboxylic acids is 2. The highest BCUT2D eigenvalue weighted by Gasteiger charge is 2.48. The van der Waals surface area contributed by atoms with Gasteiger partial charge in [-0.2, -0.15) is 0 Å². The lowest BCUT2D eigenvalue weighted by molar-refractivity contribution is -0.138. The van der Waals surface area contributed by atoms with Crippen LogP contribution in [0.25, 0.3) is 6.08 Å².